The van der Waals surface area contributed by atoms with Gasteiger partial charge in [-0.15, -0.1) is 0 Å². The molecule has 0 saturated carbocycles. The van der Waals surface area contributed by atoms with Gasteiger partial charge in [-0.1, -0.05) is 11.6 Å². The summed E-state index contributed by atoms with van der Waals surface area (Å²) in [4.78, 5) is 2.36. The van der Waals surface area contributed by atoms with E-state index in [4.69, 9.17) is 11.6 Å². The Balaban J connectivity index is 1.88. The topological polar surface area (TPSA) is 41.3 Å². The van der Waals surface area contributed by atoms with E-state index in [0.29, 0.717) is 5.92 Å². The van der Waals surface area contributed by atoms with Crippen molar-refractivity contribution < 1.29 is 5.11 Å². The Bertz CT molecular complexity index is 370. The van der Waals surface area contributed by atoms with Crippen LogP contribution in [0.5, 0.6) is 0 Å². The molecular weight excluding hydrogens is 238 g/mol. The van der Waals surface area contributed by atoms with Crippen molar-refractivity contribution in [2.45, 2.75) is 39.5 Å². The Hall–Kier alpha value is -0.580. The minimum absolute atomic E-state index is 0.182. The summed E-state index contributed by atoms with van der Waals surface area (Å²) in [6, 6.07) is 0. The highest BCUT2D eigenvalue weighted by Gasteiger charge is 2.23. The second kappa shape index (κ2) is 5.38. The SMILES string of the molecule is Cc1c(Cl)cnn1CN1CCC(C(C)O)CC1. The number of likely N-dealkylation sites (tertiary alicyclic amines) is 1. The lowest BCUT2D eigenvalue weighted by molar-refractivity contribution is 0.0591. The molecule has 1 fully saturated rings. The van der Waals surface area contributed by atoms with Crippen molar-refractivity contribution >= 4 is 11.6 Å². The van der Waals surface area contributed by atoms with E-state index in [1.54, 1.807) is 6.20 Å². The number of aliphatic hydroxyl groups is 1. The van der Waals surface area contributed by atoms with E-state index in [1.807, 2.05) is 18.5 Å². The molecule has 1 N–H and O–H groups in total. The number of nitrogens with zero attached hydrogens (tertiary/aromatic N) is 3. The molecule has 5 heteroatoms. The molecule has 1 unspecified atom stereocenters. The van der Waals surface area contributed by atoms with Gasteiger partial charge in [0.2, 0.25) is 0 Å². The summed E-state index contributed by atoms with van der Waals surface area (Å²) in [5.41, 5.74) is 1.02. The number of piperidine rings is 1. The van der Waals surface area contributed by atoms with Gasteiger partial charge >= 0.3 is 0 Å². The molecule has 2 heterocycles. The van der Waals surface area contributed by atoms with E-state index < -0.39 is 0 Å². The number of halogens is 1. The van der Waals surface area contributed by atoms with Crippen LogP contribution in [0, 0.1) is 12.8 Å². The van der Waals surface area contributed by atoms with E-state index >= 15 is 0 Å². The zero-order chi connectivity index (χ0) is 12.4. The summed E-state index contributed by atoms with van der Waals surface area (Å²) < 4.78 is 1.94. The summed E-state index contributed by atoms with van der Waals surface area (Å²) in [5, 5.41) is 14.5. The Kier molecular flexibility index (Phi) is 4.07. The monoisotopic (exact) mass is 257 g/mol. The predicted octanol–water partition coefficient (Wildman–Crippen LogP) is 1.90. The summed E-state index contributed by atoms with van der Waals surface area (Å²) in [5.74, 6) is 0.452. The molecule has 2 rings (SSSR count). The molecule has 1 aromatic rings. The molecular formula is C12H20ClN3O. The summed E-state index contributed by atoms with van der Waals surface area (Å²) in [6.45, 7) is 6.71. The highest BCUT2D eigenvalue weighted by atomic mass is 35.5. The first kappa shape index (κ1) is 12.9. The smallest absolute Gasteiger partial charge is 0.0932 e. The van der Waals surface area contributed by atoms with Crippen LogP contribution in [0.2, 0.25) is 5.02 Å². The molecule has 1 aliphatic heterocycles. The first-order valence-corrected chi connectivity index (χ1v) is 6.54. The van der Waals surface area contributed by atoms with E-state index in [2.05, 4.69) is 10.00 Å². The molecule has 0 aromatic carbocycles. The van der Waals surface area contributed by atoms with Crippen LogP contribution in [0.25, 0.3) is 0 Å². The molecule has 0 spiro atoms. The molecule has 0 radical (unpaired) electrons. The lowest BCUT2D eigenvalue weighted by Crippen LogP contribution is -2.38. The van der Waals surface area contributed by atoms with Crippen molar-refractivity contribution in [2.75, 3.05) is 13.1 Å². The van der Waals surface area contributed by atoms with Gasteiger partial charge in [0.15, 0.2) is 0 Å². The van der Waals surface area contributed by atoms with Gasteiger partial charge in [0.1, 0.15) is 0 Å². The van der Waals surface area contributed by atoms with Crippen molar-refractivity contribution in [2.24, 2.45) is 5.92 Å². The molecule has 1 aromatic heterocycles. The molecule has 4 nitrogen and oxygen atoms in total. The third-order valence-corrected chi connectivity index (χ3v) is 4.06. The van der Waals surface area contributed by atoms with Crippen LogP contribution in [0.15, 0.2) is 6.20 Å². The molecule has 1 atom stereocenters. The van der Waals surface area contributed by atoms with Crippen LogP contribution in [-0.2, 0) is 6.67 Å². The largest absolute Gasteiger partial charge is 0.393 e. The predicted molar refractivity (Wildman–Crippen MR) is 68.0 cm³/mol. The van der Waals surface area contributed by atoms with E-state index in [-0.39, 0.29) is 6.10 Å². The van der Waals surface area contributed by atoms with Gasteiger partial charge in [0, 0.05) is 13.1 Å². The van der Waals surface area contributed by atoms with Crippen LogP contribution in [0.4, 0.5) is 0 Å². The third kappa shape index (κ3) is 3.00. The first-order chi connectivity index (χ1) is 8.08. The highest BCUT2D eigenvalue weighted by Crippen LogP contribution is 2.21. The van der Waals surface area contributed by atoms with Gasteiger partial charge in [-0.05, 0) is 32.6 Å². The van der Waals surface area contributed by atoms with Crippen LogP contribution < -0.4 is 0 Å². The van der Waals surface area contributed by atoms with Gasteiger partial charge in [-0.3, -0.25) is 9.58 Å². The van der Waals surface area contributed by atoms with Crippen LogP contribution in [0.3, 0.4) is 0 Å². The Morgan fingerprint density at radius 2 is 2.18 bits per heavy atom. The maximum Gasteiger partial charge on any atom is 0.0932 e. The number of rotatable bonds is 3. The van der Waals surface area contributed by atoms with Crippen molar-refractivity contribution in [3.05, 3.63) is 16.9 Å². The van der Waals surface area contributed by atoms with Crippen molar-refractivity contribution in [3.63, 3.8) is 0 Å². The van der Waals surface area contributed by atoms with Crippen LogP contribution in [-0.4, -0.2) is 39.0 Å². The van der Waals surface area contributed by atoms with E-state index in [1.165, 1.54) is 0 Å². The molecule has 0 amide bonds. The number of aliphatic hydroxyl groups excluding tert-OH is 1. The second-order valence-electron chi connectivity index (χ2n) is 4.91. The van der Waals surface area contributed by atoms with Gasteiger partial charge < -0.3 is 5.11 Å². The van der Waals surface area contributed by atoms with Crippen LogP contribution >= 0.6 is 11.6 Å². The van der Waals surface area contributed by atoms with Crippen molar-refractivity contribution in [3.8, 4) is 0 Å². The number of hydrogen-bond acceptors (Lipinski definition) is 3. The first-order valence-electron chi connectivity index (χ1n) is 6.16. The Labute approximate surface area is 107 Å². The van der Waals surface area contributed by atoms with Crippen LogP contribution in [0.1, 0.15) is 25.5 Å². The van der Waals surface area contributed by atoms with Gasteiger partial charge in [0.25, 0.3) is 0 Å². The summed E-state index contributed by atoms with van der Waals surface area (Å²) in [7, 11) is 0. The third-order valence-electron chi connectivity index (χ3n) is 3.69. The average molecular weight is 258 g/mol. The fourth-order valence-corrected chi connectivity index (χ4v) is 2.47. The quantitative estimate of drug-likeness (QED) is 0.899. The highest BCUT2D eigenvalue weighted by molar-refractivity contribution is 6.31. The lowest BCUT2D eigenvalue weighted by atomic mass is 9.92. The maximum absolute atomic E-state index is 9.55. The molecule has 96 valence electrons. The standard InChI is InChI=1S/C12H20ClN3O/c1-9-12(13)7-14-16(9)8-15-5-3-11(4-6-15)10(2)17/h7,10-11,17H,3-6,8H2,1-2H3. The second-order valence-corrected chi connectivity index (χ2v) is 5.32. The minimum atomic E-state index is -0.182. The number of aromatic nitrogens is 2. The normalized spacial score (nSPS) is 20.7. The zero-order valence-electron chi connectivity index (χ0n) is 10.4. The number of hydrogen-bond donors (Lipinski definition) is 1. The van der Waals surface area contributed by atoms with E-state index in [0.717, 1.165) is 43.3 Å². The lowest BCUT2D eigenvalue weighted by Gasteiger charge is -2.33. The fraction of sp³-hybridized carbons (Fsp3) is 0.750. The minimum Gasteiger partial charge on any atom is -0.393 e. The Morgan fingerprint density at radius 3 is 2.65 bits per heavy atom. The molecule has 0 bridgehead atoms. The molecule has 17 heavy (non-hydrogen) atoms. The van der Waals surface area contributed by atoms with Crippen molar-refractivity contribution in [1.29, 1.82) is 0 Å². The molecule has 1 saturated heterocycles. The van der Waals surface area contributed by atoms with E-state index in [9.17, 15) is 5.11 Å². The maximum atomic E-state index is 9.55. The van der Waals surface area contributed by atoms with Gasteiger partial charge in [0.05, 0.1) is 29.7 Å². The molecule has 1 aliphatic rings. The van der Waals surface area contributed by atoms with Gasteiger partial charge in [-0.2, -0.15) is 5.10 Å². The molecule has 0 aliphatic carbocycles. The van der Waals surface area contributed by atoms with Crippen molar-refractivity contribution in [1.82, 2.24) is 14.7 Å². The van der Waals surface area contributed by atoms with Gasteiger partial charge in [-0.25, -0.2) is 0 Å². The zero-order valence-corrected chi connectivity index (χ0v) is 11.2. The fourth-order valence-electron chi connectivity index (χ4n) is 2.33. The average Bonchev–Trinajstić information content (AvgIpc) is 2.62. The summed E-state index contributed by atoms with van der Waals surface area (Å²) in [6.07, 6.45) is 3.63. The summed E-state index contributed by atoms with van der Waals surface area (Å²) >= 11 is 5.98. The Morgan fingerprint density at radius 1 is 1.53 bits per heavy atom.